The largest absolute Gasteiger partial charge is 0.391 e. The molecule has 0 aromatic carbocycles. The second kappa shape index (κ2) is 3.91. The number of nitrogens with two attached hydrogens (primary N) is 1. The van der Waals surface area contributed by atoms with Crippen molar-refractivity contribution in [2.45, 2.75) is 19.1 Å². The highest BCUT2D eigenvalue weighted by atomic mass is 35.5. The van der Waals surface area contributed by atoms with E-state index in [1.807, 2.05) is 0 Å². The molecule has 1 heterocycles. The van der Waals surface area contributed by atoms with Crippen molar-refractivity contribution in [2.24, 2.45) is 5.73 Å². The van der Waals surface area contributed by atoms with Crippen LogP contribution >= 0.6 is 11.6 Å². The highest BCUT2D eigenvalue weighted by molar-refractivity contribution is 6.30. The second-order valence-electron chi connectivity index (χ2n) is 2.86. The quantitative estimate of drug-likeness (QED) is 0.608. The summed E-state index contributed by atoms with van der Waals surface area (Å²) in [4.78, 5) is 13.2. The third kappa shape index (κ3) is 2.30. The summed E-state index contributed by atoms with van der Waals surface area (Å²) >= 11 is 5.72. The van der Waals surface area contributed by atoms with E-state index in [9.17, 15) is 9.90 Å². The van der Waals surface area contributed by atoms with Crippen LogP contribution in [0.3, 0.4) is 0 Å². The summed E-state index contributed by atoms with van der Waals surface area (Å²) in [5.74, 6) is 0. The van der Waals surface area contributed by atoms with Gasteiger partial charge in [-0.05, 0) is 13.0 Å². The zero-order valence-corrected chi connectivity index (χ0v) is 7.88. The molecule has 0 saturated heterocycles. The molecule has 0 aliphatic heterocycles. The molecule has 0 aliphatic rings. The SMILES string of the molecule is C[C@H](O)[C@@H](N)c1ccc(=O)[nH]c1Cl. The first-order valence-corrected chi connectivity index (χ1v) is 4.22. The fourth-order valence-electron chi connectivity index (χ4n) is 0.978. The Morgan fingerprint density at radius 2 is 2.23 bits per heavy atom. The van der Waals surface area contributed by atoms with Gasteiger partial charge in [0.25, 0.3) is 0 Å². The molecule has 4 nitrogen and oxygen atoms in total. The van der Waals surface area contributed by atoms with Gasteiger partial charge in [0.1, 0.15) is 5.15 Å². The fraction of sp³-hybridized carbons (Fsp3) is 0.375. The number of aliphatic hydroxyl groups is 1. The monoisotopic (exact) mass is 202 g/mol. The number of halogens is 1. The number of aromatic nitrogens is 1. The molecule has 5 heteroatoms. The fourth-order valence-corrected chi connectivity index (χ4v) is 1.26. The molecule has 0 amide bonds. The predicted octanol–water partition coefficient (Wildman–Crippen LogP) is 0.409. The Hall–Kier alpha value is -0.840. The van der Waals surface area contributed by atoms with Gasteiger partial charge in [-0.25, -0.2) is 0 Å². The Morgan fingerprint density at radius 1 is 1.62 bits per heavy atom. The van der Waals surface area contributed by atoms with E-state index in [1.54, 1.807) is 6.92 Å². The van der Waals surface area contributed by atoms with Gasteiger partial charge in [0, 0.05) is 11.6 Å². The molecule has 1 aromatic rings. The highest BCUT2D eigenvalue weighted by Gasteiger charge is 2.15. The van der Waals surface area contributed by atoms with Crippen LogP contribution in [0.25, 0.3) is 0 Å². The molecular formula is C8H11ClN2O2. The summed E-state index contributed by atoms with van der Waals surface area (Å²) in [7, 11) is 0. The van der Waals surface area contributed by atoms with Crippen molar-refractivity contribution in [3.8, 4) is 0 Å². The number of rotatable bonds is 2. The van der Waals surface area contributed by atoms with E-state index in [0.717, 1.165) is 0 Å². The molecule has 2 atom stereocenters. The van der Waals surface area contributed by atoms with Crippen LogP contribution < -0.4 is 11.3 Å². The number of nitrogens with one attached hydrogen (secondary N) is 1. The molecule has 0 aliphatic carbocycles. The Balaban J connectivity index is 3.08. The summed E-state index contributed by atoms with van der Waals surface area (Å²) in [6, 6.07) is 2.26. The Bertz CT molecular complexity index is 348. The number of hydrogen-bond acceptors (Lipinski definition) is 3. The van der Waals surface area contributed by atoms with Gasteiger partial charge < -0.3 is 15.8 Å². The molecule has 13 heavy (non-hydrogen) atoms. The van der Waals surface area contributed by atoms with E-state index in [0.29, 0.717) is 5.56 Å². The normalized spacial score (nSPS) is 15.4. The summed E-state index contributed by atoms with van der Waals surface area (Å²) in [5.41, 5.74) is 5.88. The smallest absolute Gasteiger partial charge is 0.249 e. The van der Waals surface area contributed by atoms with Crippen LogP contribution in [0, 0.1) is 0 Å². The third-order valence-electron chi connectivity index (χ3n) is 1.78. The lowest BCUT2D eigenvalue weighted by Gasteiger charge is -2.15. The standard InChI is InChI=1S/C8H11ClN2O2/c1-4(12)7(10)5-2-3-6(13)11-8(5)9/h2-4,7,12H,10H2,1H3,(H,11,13)/t4-,7+/m0/s1. The van der Waals surface area contributed by atoms with Crippen molar-refractivity contribution in [2.75, 3.05) is 0 Å². The number of hydrogen-bond donors (Lipinski definition) is 3. The topological polar surface area (TPSA) is 79.1 Å². The minimum atomic E-state index is -0.705. The molecule has 0 saturated carbocycles. The zero-order valence-electron chi connectivity index (χ0n) is 7.12. The van der Waals surface area contributed by atoms with Gasteiger partial charge in [-0.3, -0.25) is 4.79 Å². The molecule has 4 N–H and O–H groups in total. The van der Waals surface area contributed by atoms with Gasteiger partial charge in [-0.15, -0.1) is 0 Å². The van der Waals surface area contributed by atoms with Crippen LogP contribution in [0.4, 0.5) is 0 Å². The van der Waals surface area contributed by atoms with Crippen LogP contribution in [0.15, 0.2) is 16.9 Å². The molecule has 0 fully saturated rings. The van der Waals surface area contributed by atoms with E-state index >= 15 is 0 Å². The molecule has 0 bridgehead atoms. The van der Waals surface area contributed by atoms with Gasteiger partial charge in [0.15, 0.2) is 0 Å². The maximum atomic E-state index is 10.8. The lowest BCUT2D eigenvalue weighted by atomic mass is 10.1. The Morgan fingerprint density at radius 3 is 2.69 bits per heavy atom. The number of H-pyrrole nitrogens is 1. The van der Waals surface area contributed by atoms with E-state index in [-0.39, 0.29) is 10.7 Å². The summed E-state index contributed by atoms with van der Waals surface area (Å²) in [6.45, 7) is 1.56. The summed E-state index contributed by atoms with van der Waals surface area (Å²) in [6.07, 6.45) is -0.705. The number of aliphatic hydroxyl groups excluding tert-OH is 1. The first kappa shape index (κ1) is 10.2. The van der Waals surface area contributed by atoms with E-state index < -0.39 is 12.1 Å². The maximum Gasteiger partial charge on any atom is 0.249 e. The van der Waals surface area contributed by atoms with Crippen LogP contribution in [0.2, 0.25) is 5.15 Å². The van der Waals surface area contributed by atoms with E-state index in [1.165, 1.54) is 12.1 Å². The van der Waals surface area contributed by atoms with Gasteiger partial charge >= 0.3 is 0 Å². The second-order valence-corrected chi connectivity index (χ2v) is 3.24. The molecular weight excluding hydrogens is 192 g/mol. The maximum absolute atomic E-state index is 10.8. The average Bonchev–Trinajstić information content (AvgIpc) is 2.03. The average molecular weight is 203 g/mol. The summed E-state index contributed by atoms with van der Waals surface area (Å²) < 4.78 is 0. The lowest BCUT2D eigenvalue weighted by molar-refractivity contribution is 0.164. The zero-order chi connectivity index (χ0) is 10.0. The third-order valence-corrected chi connectivity index (χ3v) is 2.09. The molecule has 72 valence electrons. The number of aromatic amines is 1. The first-order chi connectivity index (χ1) is 6.02. The Labute approximate surface area is 80.3 Å². The lowest BCUT2D eigenvalue weighted by Crippen LogP contribution is -2.24. The Kier molecular flexibility index (Phi) is 3.08. The molecule has 1 rings (SSSR count). The van der Waals surface area contributed by atoms with Crippen molar-refractivity contribution in [3.05, 3.63) is 33.2 Å². The molecule has 0 radical (unpaired) electrons. The van der Waals surface area contributed by atoms with Gasteiger partial charge in [-0.2, -0.15) is 0 Å². The summed E-state index contributed by atoms with van der Waals surface area (Å²) in [5, 5.41) is 9.37. The van der Waals surface area contributed by atoms with Crippen molar-refractivity contribution >= 4 is 11.6 Å². The van der Waals surface area contributed by atoms with Crippen molar-refractivity contribution in [1.82, 2.24) is 4.98 Å². The van der Waals surface area contributed by atoms with Crippen LogP contribution in [0.1, 0.15) is 18.5 Å². The number of pyridine rings is 1. The van der Waals surface area contributed by atoms with Gasteiger partial charge in [0.2, 0.25) is 5.56 Å². The first-order valence-electron chi connectivity index (χ1n) is 3.84. The minimum absolute atomic E-state index is 0.181. The van der Waals surface area contributed by atoms with Crippen LogP contribution in [0.5, 0.6) is 0 Å². The molecule has 1 aromatic heterocycles. The van der Waals surface area contributed by atoms with Crippen molar-refractivity contribution in [3.63, 3.8) is 0 Å². The van der Waals surface area contributed by atoms with E-state index in [2.05, 4.69) is 4.98 Å². The van der Waals surface area contributed by atoms with Crippen LogP contribution in [-0.2, 0) is 0 Å². The van der Waals surface area contributed by atoms with Gasteiger partial charge in [0.05, 0.1) is 12.1 Å². The van der Waals surface area contributed by atoms with Crippen LogP contribution in [-0.4, -0.2) is 16.2 Å². The minimum Gasteiger partial charge on any atom is -0.391 e. The van der Waals surface area contributed by atoms with Crippen molar-refractivity contribution in [1.29, 1.82) is 0 Å². The highest BCUT2D eigenvalue weighted by Crippen LogP contribution is 2.19. The molecule has 0 spiro atoms. The molecule has 0 unspecified atom stereocenters. The van der Waals surface area contributed by atoms with E-state index in [4.69, 9.17) is 17.3 Å². The predicted molar refractivity (Wildman–Crippen MR) is 50.7 cm³/mol. The van der Waals surface area contributed by atoms with Gasteiger partial charge in [-0.1, -0.05) is 11.6 Å². The van der Waals surface area contributed by atoms with Crippen molar-refractivity contribution < 1.29 is 5.11 Å².